The van der Waals surface area contributed by atoms with Crippen molar-refractivity contribution in [1.82, 2.24) is 5.32 Å². The first-order valence-corrected chi connectivity index (χ1v) is 7.96. The quantitative estimate of drug-likeness (QED) is 0.840. The second-order valence-corrected chi connectivity index (χ2v) is 7.12. The number of halogens is 1. The summed E-state index contributed by atoms with van der Waals surface area (Å²) < 4.78 is 27.8. The third kappa shape index (κ3) is 3.39. The molecule has 0 saturated carbocycles. The van der Waals surface area contributed by atoms with E-state index in [0.717, 1.165) is 0 Å². The average molecular weight is 304 g/mol. The summed E-state index contributed by atoms with van der Waals surface area (Å²) in [5.41, 5.74) is 0.439. The Morgan fingerprint density at radius 3 is 2.42 bits per heavy atom. The van der Waals surface area contributed by atoms with Crippen LogP contribution in [0.5, 0.6) is 5.75 Å². The van der Waals surface area contributed by atoms with Gasteiger partial charge in [-0.2, -0.15) is 0 Å². The number of benzene rings is 1. The molecule has 0 spiro atoms. The molecule has 104 valence electrons. The number of nitrogens with one attached hydrogen (secondary N) is 1. The SMILES string of the molecule is COc1ccc(C(=O)N[C@@H]2CS(=O)(=O)C[C@@H]2Cl)cc1. The minimum atomic E-state index is -3.15. The molecule has 1 amide bonds. The van der Waals surface area contributed by atoms with Gasteiger partial charge in [0, 0.05) is 5.56 Å². The summed E-state index contributed by atoms with van der Waals surface area (Å²) in [6, 6.07) is 6.01. The average Bonchev–Trinajstić information content (AvgIpc) is 2.62. The van der Waals surface area contributed by atoms with Gasteiger partial charge in [-0.05, 0) is 24.3 Å². The lowest BCUT2D eigenvalue weighted by atomic mass is 10.2. The first-order chi connectivity index (χ1) is 8.91. The van der Waals surface area contributed by atoms with E-state index in [1.165, 1.54) is 7.11 Å². The Morgan fingerprint density at radius 2 is 1.95 bits per heavy atom. The molecule has 0 bridgehead atoms. The predicted octanol–water partition coefficient (Wildman–Crippen LogP) is 0.829. The monoisotopic (exact) mass is 303 g/mol. The van der Waals surface area contributed by atoms with E-state index in [1.54, 1.807) is 24.3 Å². The smallest absolute Gasteiger partial charge is 0.251 e. The maximum Gasteiger partial charge on any atom is 0.251 e. The highest BCUT2D eigenvalue weighted by molar-refractivity contribution is 7.91. The zero-order valence-electron chi connectivity index (χ0n) is 10.3. The van der Waals surface area contributed by atoms with E-state index in [4.69, 9.17) is 16.3 Å². The molecule has 0 unspecified atom stereocenters. The Balaban J connectivity index is 2.05. The Kier molecular flexibility index (Phi) is 4.01. The van der Waals surface area contributed by atoms with Gasteiger partial charge < -0.3 is 10.1 Å². The normalized spacial score (nSPS) is 24.9. The van der Waals surface area contributed by atoms with Gasteiger partial charge in [0.2, 0.25) is 0 Å². The maximum atomic E-state index is 12.0. The van der Waals surface area contributed by atoms with Crippen LogP contribution in [0.2, 0.25) is 0 Å². The van der Waals surface area contributed by atoms with Crippen LogP contribution in [-0.4, -0.2) is 44.4 Å². The van der Waals surface area contributed by atoms with E-state index in [9.17, 15) is 13.2 Å². The van der Waals surface area contributed by atoms with Crippen molar-refractivity contribution in [3.05, 3.63) is 29.8 Å². The molecule has 0 aliphatic carbocycles. The summed E-state index contributed by atoms with van der Waals surface area (Å²) in [6.45, 7) is 0. The summed E-state index contributed by atoms with van der Waals surface area (Å²) >= 11 is 5.93. The number of ether oxygens (including phenoxy) is 1. The van der Waals surface area contributed by atoms with E-state index in [2.05, 4.69) is 5.32 Å². The number of hydrogen-bond acceptors (Lipinski definition) is 4. The standard InChI is InChI=1S/C12H14ClNO4S/c1-18-9-4-2-8(3-5-9)12(15)14-11-7-19(16,17)6-10(11)13/h2-5,10-11H,6-7H2,1H3,(H,14,15)/t10-,11+/m0/s1. The fourth-order valence-electron chi connectivity index (χ4n) is 1.93. The number of carbonyl (C=O) groups is 1. The summed E-state index contributed by atoms with van der Waals surface area (Å²) in [6.07, 6.45) is 0. The van der Waals surface area contributed by atoms with Crippen LogP contribution in [0.25, 0.3) is 0 Å². The number of amides is 1. The van der Waals surface area contributed by atoms with Crippen LogP contribution < -0.4 is 10.1 Å². The van der Waals surface area contributed by atoms with Gasteiger partial charge in [-0.1, -0.05) is 0 Å². The molecule has 5 nitrogen and oxygen atoms in total. The van der Waals surface area contributed by atoms with Crippen molar-refractivity contribution in [3.8, 4) is 5.75 Å². The lowest BCUT2D eigenvalue weighted by molar-refractivity contribution is 0.0941. The Bertz CT molecular complexity index is 570. The van der Waals surface area contributed by atoms with Gasteiger partial charge in [0.05, 0.1) is 30.0 Å². The van der Waals surface area contributed by atoms with Crippen molar-refractivity contribution < 1.29 is 17.9 Å². The molecule has 1 saturated heterocycles. The van der Waals surface area contributed by atoms with E-state index in [-0.39, 0.29) is 17.4 Å². The highest BCUT2D eigenvalue weighted by Gasteiger charge is 2.37. The molecule has 2 rings (SSSR count). The second-order valence-electron chi connectivity index (χ2n) is 4.40. The topological polar surface area (TPSA) is 72.5 Å². The van der Waals surface area contributed by atoms with Gasteiger partial charge in [0.15, 0.2) is 9.84 Å². The first kappa shape index (κ1) is 14.1. The number of rotatable bonds is 3. The van der Waals surface area contributed by atoms with Gasteiger partial charge in [-0.3, -0.25) is 4.79 Å². The van der Waals surface area contributed by atoms with Crippen LogP contribution in [0, 0.1) is 0 Å². The Morgan fingerprint density at radius 1 is 1.32 bits per heavy atom. The lowest BCUT2D eigenvalue weighted by Crippen LogP contribution is -2.40. The van der Waals surface area contributed by atoms with Crippen LogP contribution in [0.15, 0.2) is 24.3 Å². The minimum Gasteiger partial charge on any atom is -0.497 e. The Hall–Kier alpha value is -1.27. The molecule has 2 atom stereocenters. The number of alkyl halides is 1. The molecule has 19 heavy (non-hydrogen) atoms. The molecular formula is C12H14ClNO4S. The molecule has 0 aromatic heterocycles. The third-order valence-electron chi connectivity index (χ3n) is 2.95. The molecule has 1 N–H and O–H groups in total. The summed E-state index contributed by atoms with van der Waals surface area (Å²) in [7, 11) is -1.61. The Labute approximate surface area is 116 Å². The van der Waals surface area contributed by atoms with Crippen molar-refractivity contribution in [2.24, 2.45) is 0 Å². The molecule has 1 aliphatic rings. The number of sulfone groups is 1. The van der Waals surface area contributed by atoms with Crippen LogP contribution in [0.4, 0.5) is 0 Å². The number of methoxy groups -OCH3 is 1. The molecule has 1 aromatic rings. The largest absolute Gasteiger partial charge is 0.497 e. The van der Waals surface area contributed by atoms with Gasteiger partial charge in [0.25, 0.3) is 5.91 Å². The predicted molar refractivity (Wildman–Crippen MR) is 72.5 cm³/mol. The van der Waals surface area contributed by atoms with Gasteiger partial charge in [-0.25, -0.2) is 8.42 Å². The zero-order valence-corrected chi connectivity index (χ0v) is 11.9. The third-order valence-corrected chi connectivity index (χ3v) is 5.33. The second kappa shape index (κ2) is 5.38. The molecule has 1 aromatic carbocycles. The molecule has 1 fully saturated rings. The fourth-order valence-corrected chi connectivity index (χ4v) is 4.48. The van der Waals surface area contributed by atoms with Crippen molar-refractivity contribution in [1.29, 1.82) is 0 Å². The van der Waals surface area contributed by atoms with Crippen molar-refractivity contribution in [2.75, 3.05) is 18.6 Å². The molecule has 0 radical (unpaired) electrons. The van der Waals surface area contributed by atoms with Crippen LogP contribution in [0.3, 0.4) is 0 Å². The van der Waals surface area contributed by atoms with Crippen molar-refractivity contribution in [2.45, 2.75) is 11.4 Å². The molecule has 7 heteroatoms. The molecule has 1 heterocycles. The summed E-state index contributed by atoms with van der Waals surface area (Å²) in [4.78, 5) is 12.0. The van der Waals surface area contributed by atoms with Crippen molar-refractivity contribution in [3.63, 3.8) is 0 Å². The van der Waals surface area contributed by atoms with Crippen LogP contribution in [-0.2, 0) is 9.84 Å². The van der Waals surface area contributed by atoms with E-state index in [0.29, 0.717) is 11.3 Å². The highest BCUT2D eigenvalue weighted by Crippen LogP contribution is 2.19. The number of carbonyl (C=O) groups excluding carboxylic acids is 1. The van der Waals surface area contributed by atoms with Gasteiger partial charge >= 0.3 is 0 Å². The lowest BCUT2D eigenvalue weighted by Gasteiger charge is -2.14. The fraction of sp³-hybridized carbons (Fsp3) is 0.417. The van der Waals surface area contributed by atoms with Crippen LogP contribution >= 0.6 is 11.6 Å². The van der Waals surface area contributed by atoms with Crippen molar-refractivity contribution >= 4 is 27.3 Å². The first-order valence-electron chi connectivity index (χ1n) is 5.71. The number of hydrogen-bond donors (Lipinski definition) is 1. The molecule has 1 aliphatic heterocycles. The zero-order chi connectivity index (χ0) is 14.0. The maximum absolute atomic E-state index is 12.0. The van der Waals surface area contributed by atoms with E-state index in [1.807, 2.05) is 0 Å². The van der Waals surface area contributed by atoms with E-state index < -0.39 is 21.3 Å². The van der Waals surface area contributed by atoms with Gasteiger partial charge in [-0.15, -0.1) is 11.6 Å². The molecular weight excluding hydrogens is 290 g/mol. The summed E-state index contributed by atoms with van der Waals surface area (Å²) in [5, 5.41) is 2.07. The van der Waals surface area contributed by atoms with Crippen LogP contribution in [0.1, 0.15) is 10.4 Å². The minimum absolute atomic E-state index is 0.0951. The highest BCUT2D eigenvalue weighted by atomic mass is 35.5. The summed E-state index contributed by atoms with van der Waals surface area (Å²) in [5.74, 6) is 0.108. The van der Waals surface area contributed by atoms with E-state index >= 15 is 0 Å². The van der Waals surface area contributed by atoms with Gasteiger partial charge in [0.1, 0.15) is 5.75 Å².